The molecule has 2 heteroatoms. The summed E-state index contributed by atoms with van der Waals surface area (Å²) in [6.45, 7) is 4.32. The lowest BCUT2D eigenvalue weighted by molar-refractivity contribution is 1.26. The van der Waals surface area contributed by atoms with E-state index < -0.39 is 0 Å². The van der Waals surface area contributed by atoms with Crippen LogP contribution < -0.4 is 0 Å². The van der Waals surface area contributed by atoms with Crippen LogP contribution in [0.2, 0.25) is 0 Å². The van der Waals surface area contributed by atoms with Crippen LogP contribution in [0, 0.1) is 17.4 Å². The minimum Gasteiger partial charge on any atom is -0.0876 e. The molecule has 0 aliphatic heterocycles. The second-order valence-electron chi connectivity index (χ2n) is 2.61. The lowest BCUT2D eigenvalue weighted by Gasteiger charge is -2.06. The average Bonchev–Trinajstić information content (AvgIpc) is 2.01. The van der Waals surface area contributed by atoms with E-state index in [4.69, 9.17) is 0 Å². The van der Waals surface area contributed by atoms with Crippen LogP contribution in [0.1, 0.15) is 16.7 Å². The third-order valence-corrected chi connectivity index (χ3v) is 3.99. The second-order valence-corrected chi connectivity index (χ2v) is 4.25. The first-order valence-electron chi connectivity index (χ1n) is 3.47. The van der Waals surface area contributed by atoms with Gasteiger partial charge in [-0.1, -0.05) is 28.1 Å². The van der Waals surface area contributed by atoms with Crippen LogP contribution in [0.3, 0.4) is 0 Å². The maximum atomic E-state index is 3.46. The molecule has 0 bridgehead atoms. The summed E-state index contributed by atoms with van der Waals surface area (Å²) in [7, 11) is 0. The number of rotatable bonds is 1. The lowest BCUT2D eigenvalue weighted by Crippen LogP contribution is -1.91. The summed E-state index contributed by atoms with van der Waals surface area (Å²) in [5.41, 5.74) is 4.16. The zero-order valence-electron chi connectivity index (χ0n) is 6.62. The fourth-order valence-electron chi connectivity index (χ4n) is 0.941. The highest BCUT2D eigenvalue weighted by Crippen LogP contribution is 2.21. The molecule has 0 heterocycles. The van der Waals surface area contributed by atoms with Gasteiger partial charge in [0.2, 0.25) is 0 Å². The van der Waals surface area contributed by atoms with Crippen LogP contribution >= 0.6 is 38.5 Å². The molecule has 0 atom stereocenters. The van der Waals surface area contributed by atoms with Crippen LogP contribution in [0.25, 0.3) is 0 Å². The van der Waals surface area contributed by atoms with Crippen LogP contribution in [0.4, 0.5) is 0 Å². The molecule has 0 unspecified atom stereocenters. The quantitative estimate of drug-likeness (QED) is 0.544. The van der Waals surface area contributed by atoms with Crippen LogP contribution in [0.15, 0.2) is 12.1 Å². The Balaban J connectivity index is 3.25. The number of aryl methyl sites for hydroxylation is 1. The Morgan fingerprint density at radius 2 is 2.00 bits per heavy atom. The Kier molecular flexibility index (Phi) is 3.37. The molecule has 1 aromatic rings. The Morgan fingerprint density at radius 1 is 1.36 bits per heavy atom. The smallest absolute Gasteiger partial charge is 0.0293 e. The van der Waals surface area contributed by atoms with E-state index in [0.29, 0.717) is 0 Å². The molecule has 0 N–H and O–H groups in total. The average molecular weight is 325 g/mol. The Labute approximate surface area is 89.7 Å². The molecule has 0 fully saturated rings. The molecule has 60 valence electrons. The van der Waals surface area contributed by atoms with E-state index in [1.807, 2.05) is 0 Å². The zero-order chi connectivity index (χ0) is 8.43. The summed E-state index contributed by atoms with van der Waals surface area (Å²) in [5.74, 6) is 0. The Hall–Kier alpha value is 0.430. The van der Waals surface area contributed by atoms with Gasteiger partial charge in [-0.05, 0) is 53.1 Å². The molecular formula is C9H10BrI. The first-order valence-corrected chi connectivity index (χ1v) is 5.67. The van der Waals surface area contributed by atoms with Gasteiger partial charge in [0, 0.05) is 8.90 Å². The summed E-state index contributed by atoms with van der Waals surface area (Å²) < 4.78 is 1.39. The predicted octanol–water partition coefficient (Wildman–Crippen LogP) is 3.80. The predicted molar refractivity (Wildman–Crippen MR) is 61.3 cm³/mol. The third-order valence-electron chi connectivity index (χ3n) is 1.88. The van der Waals surface area contributed by atoms with Crippen molar-refractivity contribution in [2.45, 2.75) is 19.2 Å². The summed E-state index contributed by atoms with van der Waals surface area (Å²) in [6.07, 6.45) is 0. The van der Waals surface area contributed by atoms with Crippen molar-refractivity contribution in [1.82, 2.24) is 0 Å². The van der Waals surface area contributed by atoms with Crippen molar-refractivity contribution in [3.05, 3.63) is 32.4 Å². The molecule has 1 rings (SSSR count). The molecule has 0 amide bonds. The molecule has 0 aliphatic carbocycles. The number of hydrogen-bond acceptors (Lipinski definition) is 0. The Morgan fingerprint density at radius 3 is 2.55 bits per heavy atom. The second kappa shape index (κ2) is 3.90. The molecule has 0 aromatic heterocycles. The molecule has 0 saturated carbocycles. The summed E-state index contributed by atoms with van der Waals surface area (Å²) >= 11 is 5.86. The van der Waals surface area contributed by atoms with Gasteiger partial charge in [-0.15, -0.1) is 0 Å². The number of alkyl halides is 1. The van der Waals surface area contributed by atoms with Gasteiger partial charge in [0.15, 0.2) is 0 Å². The van der Waals surface area contributed by atoms with E-state index >= 15 is 0 Å². The Bertz CT molecular complexity index is 269. The molecule has 0 spiro atoms. The van der Waals surface area contributed by atoms with Gasteiger partial charge in [-0.2, -0.15) is 0 Å². The minimum atomic E-state index is 0.951. The third kappa shape index (κ3) is 1.96. The van der Waals surface area contributed by atoms with Gasteiger partial charge in [0.25, 0.3) is 0 Å². The molecule has 0 nitrogen and oxygen atoms in total. The molecule has 1 aromatic carbocycles. The molecule has 0 aliphatic rings. The number of hydrogen-bond donors (Lipinski definition) is 0. The van der Waals surface area contributed by atoms with Gasteiger partial charge < -0.3 is 0 Å². The largest absolute Gasteiger partial charge is 0.0876 e. The first kappa shape index (κ1) is 9.52. The summed E-state index contributed by atoms with van der Waals surface area (Å²) in [6, 6.07) is 4.35. The van der Waals surface area contributed by atoms with Gasteiger partial charge >= 0.3 is 0 Å². The normalized spacial score (nSPS) is 10.2. The fraction of sp³-hybridized carbons (Fsp3) is 0.333. The molecule has 0 saturated heterocycles. The highest BCUT2D eigenvalue weighted by atomic mass is 127. The van der Waals surface area contributed by atoms with E-state index in [-0.39, 0.29) is 0 Å². The fourth-order valence-corrected chi connectivity index (χ4v) is 2.73. The number of halogens is 2. The van der Waals surface area contributed by atoms with Crippen LogP contribution in [-0.2, 0) is 5.33 Å². The van der Waals surface area contributed by atoms with E-state index in [1.165, 1.54) is 20.3 Å². The van der Waals surface area contributed by atoms with E-state index in [2.05, 4.69) is 64.5 Å². The van der Waals surface area contributed by atoms with Crippen molar-refractivity contribution in [2.24, 2.45) is 0 Å². The molecule has 11 heavy (non-hydrogen) atoms. The summed E-state index contributed by atoms with van der Waals surface area (Å²) in [5, 5.41) is 0.951. The van der Waals surface area contributed by atoms with Gasteiger partial charge in [0.05, 0.1) is 0 Å². The summed E-state index contributed by atoms with van der Waals surface area (Å²) in [4.78, 5) is 0. The van der Waals surface area contributed by atoms with Crippen molar-refractivity contribution >= 4 is 38.5 Å². The van der Waals surface area contributed by atoms with Gasteiger partial charge in [0.1, 0.15) is 0 Å². The molecular weight excluding hydrogens is 315 g/mol. The van der Waals surface area contributed by atoms with E-state index in [9.17, 15) is 0 Å². The van der Waals surface area contributed by atoms with Gasteiger partial charge in [-0.25, -0.2) is 0 Å². The highest BCUT2D eigenvalue weighted by molar-refractivity contribution is 14.1. The van der Waals surface area contributed by atoms with Crippen molar-refractivity contribution in [3.63, 3.8) is 0 Å². The zero-order valence-corrected chi connectivity index (χ0v) is 10.4. The lowest BCUT2D eigenvalue weighted by atomic mass is 10.1. The highest BCUT2D eigenvalue weighted by Gasteiger charge is 2.02. The topological polar surface area (TPSA) is 0 Å². The van der Waals surface area contributed by atoms with Gasteiger partial charge in [-0.3, -0.25) is 0 Å². The van der Waals surface area contributed by atoms with E-state index in [0.717, 1.165) is 5.33 Å². The standard InChI is InChI=1S/C9H10BrI/c1-6-3-4-8(5-10)9(11)7(6)2/h3-4H,5H2,1-2H3. The minimum absolute atomic E-state index is 0.951. The maximum Gasteiger partial charge on any atom is 0.0293 e. The van der Waals surface area contributed by atoms with Crippen molar-refractivity contribution < 1.29 is 0 Å². The van der Waals surface area contributed by atoms with E-state index in [1.54, 1.807) is 0 Å². The molecule has 0 radical (unpaired) electrons. The SMILES string of the molecule is Cc1ccc(CBr)c(I)c1C. The van der Waals surface area contributed by atoms with Crippen molar-refractivity contribution in [1.29, 1.82) is 0 Å². The van der Waals surface area contributed by atoms with Crippen molar-refractivity contribution in [3.8, 4) is 0 Å². The van der Waals surface area contributed by atoms with Crippen molar-refractivity contribution in [2.75, 3.05) is 0 Å². The van der Waals surface area contributed by atoms with Crippen LogP contribution in [-0.4, -0.2) is 0 Å². The number of benzene rings is 1. The monoisotopic (exact) mass is 324 g/mol. The van der Waals surface area contributed by atoms with Crippen LogP contribution in [0.5, 0.6) is 0 Å². The first-order chi connectivity index (χ1) is 5.16. The maximum absolute atomic E-state index is 3.46.